The zero-order valence-electron chi connectivity index (χ0n) is 23.6. The Bertz CT molecular complexity index is 1450. The SMILES string of the molecule is COC(=O)C1=C(C)NC(C)=C(C(=O)OC[C@H]2COC3(CCN(c4ccc(Cl)cc4)CC3)O2)[C@@H]1c1cccc([N+](=O)[O-])c1. The van der Waals surface area contributed by atoms with Crippen molar-refractivity contribution in [2.75, 3.05) is 38.3 Å². The maximum Gasteiger partial charge on any atom is 0.336 e. The fourth-order valence-electron chi connectivity index (χ4n) is 5.76. The van der Waals surface area contributed by atoms with Crippen molar-refractivity contribution in [2.45, 2.75) is 44.5 Å². The number of carbonyl (C=O) groups is 2. The van der Waals surface area contributed by atoms with E-state index in [0.717, 1.165) is 18.8 Å². The van der Waals surface area contributed by atoms with Gasteiger partial charge in [-0.15, -0.1) is 0 Å². The Morgan fingerprint density at radius 1 is 1.10 bits per heavy atom. The van der Waals surface area contributed by atoms with Gasteiger partial charge in [0.15, 0.2) is 5.79 Å². The van der Waals surface area contributed by atoms with Crippen LogP contribution in [0.2, 0.25) is 5.02 Å². The summed E-state index contributed by atoms with van der Waals surface area (Å²) in [6, 6.07) is 13.5. The van der Waals surface area contributed by atoms with Crippen LogP contribution in [-0.2, 0) is 28.5 Å². The van der Waals surface area contributed by atoms with Crippen LogP contribution in [0.4, 0.5) is 11.4 Å². The minimum Gasteiger partial charge on any atom is -0.466 e. The smallest absolute Gasteiger partial charge is 0.336 e. The highest BCUT2D eigenvalue weighted by atomic mass is 35.5. The van der Waals surface area contributed by atoms with Crippen LogP contribution in [0.5, 0.6) is 0 Å². The number of nitro benzene ring substituents is 1. The van der Waals surface area contributed by atoms with Crippen molar-refractivity contribution in [1.29, 1.82) is 0 Å². The molecular formula is C30H32ClN3O8. The van der Waals surface area contributed by atoms with Gasteiger partial charge in [-0.25, -0.2) is 9.59 Å². The van der Waals surface area contributed by atoms with E-state index in [1.807, 2.05) is 24.3 Å². The Morgan fingerprint density at radius 3 is 2.40 bits per heavy atom. The second-order valence-corrected chi connectivity index (χ2v) is 10.9. The lowest BCUT2D eigenvalue weighted by Gasteiger charge is -2.39. The second kappa shape index (κ2) is 12.1. The predicted octanol–water partition coefficient (Wildman–Crippen LogP) is 4.61. The Kier molecular flexibility index (Phi) is 8.53. The van der Waals surface area contributed by atoms with Gasteiger partial charge >= 0.3 is 11.9 Å². The monoisotopic (exact) mass is 597 g/mol. The number of dihydropyridines is 1. The second-order valence-electron chi connectivity index (χ2n) is 10.5. The largest absolute Gasteiger partial charge is 0.466 e. The van der Waals surface area contributed by atoms with Gasteiger partial charge in [0, 0.05) is 60.2 Å². The summed E-state index contributed by atoms with van der Waals surface area (Å²) in [5.41, 5.74) is 2.58. The number of non-ortho nitro benzene ring substituents is 1. The molecule has 0 radical (unpaired) electrons. The highest BCUT2D eigenvalue weighted by molar-refractivity contribution is 6.30. The minimum absolute atomic E-state index is 0.0594. The Labute approximate surface area is 248 Å². The molecule has 222 valence electrons. The number of piperidine rings is 1. The lowest BCUT2D eigenvalue weighted by Crippen LogP contribution is -2.45. The van der Waals surface area contributed by atoms with Crippen LogP contribution >= 0.6 is 11.6 Å². The number of hydrogen-bond donors (Lipinski definition) is 1. The Hall–Kier alpha value is -3.93. The van der Waals surface area contributed by atoms with E-state index >= 15 is 0 Å². The minimum atomic E-state index is -0.935. The molecule has 0 amide bonds. The van der Waals surface area contributed by atoms with Crippen molar-refractivity contribution in [1.82, 2.24) is 5.32 Å². The predicted molar refractivity (Wildman–Crippen MR) is 154 cm³/mol. The van der Waals surface area contributed by atoms with Gasteiger partial charge in [0.05, 0.1) is 35.7 Å². The van der Waals surface area contributed by atoms with E-state index in [9.17, 15) is 19.7 Å². The van der Waals surface area contributed by atoms with Gasteiger partial charge in [0.1, 0.15) is 12.7 Å². The summed E-state index contributed by atoms with van der Waals surface area (Å²) in [4.78, 5) is 39.6. The van der Waals surface area contributed by atoms with Gasteiger partial charge in [-0.2, -0.15) is 0 Å². The van der Waals surface area contributed by atoms with E-state index in [2.05, 4.69) is 10.2 Å². The van der Waals surface area contributed by atoms with E-state index in [0.29, 0.717) is 34.8 Å². The summed E-state index contributed by atoms with van der Waals surface area (Å²) >= 11 is 6.02. The summed E-state index contributed by atoms with van der Waals surface area (Å²) in [5.74, 6) is -3.01. The zero-order chi connectivity index (χ0) is 30.0. The number of benzene rings is 2. The zero-order valence-corrected chi connectivity index (χ0v) is 24.3. The summed E-state index contributed by atoms with van der Waals surface area (Å²) in [6.45, 7) is 5.06. The number of nitrogens with one attached hydrogen (secondary N) is 1. The maximum absolute atomic E-state index is 13.6. The number of nitrogens with zero attached hydrogens (tertiary/aromatic N) is 2. The molecule has 1 spiro atoms. The van der Waals surface area contributed by atoms with Gasteiger partial charge in [0.2, 0.25) is 0 Å². The lowest BCUT2D eigenvalue weighted by molar-refractivity contribution is -0.384. The van der Waals surface area contributed by atoms with Crippen molar-refractivity contribution >= 4 is 34.9 Å². The van der Waals surface area contributed by atoms with Crippen molar-refractivity contribution in [3.63, 3.8) is 0 Å². The molecule has 11 nitrogen and oxygen atoms in total. The van der Waals surface area contributed by atoms with Crippen LogP contribution in [0.15, 0.2) is 71.1 Å². The van der Waals surface area contributed by atoms with E-state index in [4.69, 9.17) is 30.5 Å². The maximum atomic E-state index is 13.6. The van der Waals surface area contributed by atoms with Crippen LogP contribution in [-0.4, -0.2) is 62.2 Å². The molecule has 0 aromatic heterocycles. The lowest BCUT2D eigenvalue weighted by atomic mass is 9.80. The number of hydrogen-bond acceptors (Lipinski definition) is 10. The number of methoxy groups -OCH3 is 1. The van der Waals surface area contributed by atoms with E-state index < -0.39 is 34.7 Å². The highest BCUT2D eigenvalue weighted by Gasteiger charge is 2.45. The van der Waals surface area contributed by atoms with Crippen LogP contribution in [0, 0.1) is 10.1 Å². The van der Waals surface area contributed by atoms with Crippen LogP contribution in [0.1, 0.15) is 38.2 Å². The first-order valence-corrected chi connectivity index (χ1v) is 14.0. The molecule has 0 bridgehead atoms. The summed E-state index contributed by atoms with van der Waals surface area (Å²) < 4.78 is 23.1. The molecular weight excluding hydrogens is 566 g/mol. The van der Waals surface area contributed by atoms with Gasteiger partial charge < -0.3 is 29.2 Å². The first-order chi connectivity index (χ1) is 20.1. The molecule has 2 atom stereocenters. The number of carbonyl (C=O) groups excluding carboxylic acids is 2. The normalized spacial score (nSPS) is 21.8. The van der Waals surface area contributed by atoms with Crippen molar-refractivity contribution in [2.24, 2.45) is 0 Å². The summed E-state index contributed by atoms with van der Waals surface area (Å²) in [6.07, 6.45) is 0.827. The molecule has 3 heterocycles. The first-order valence-electron chi connectivity index (χ1n) is 13.6. The standard InChI is InChI=1S/C30H32ClN3O8/c1-18-25(28(35)39-3)27(20-5-4-6-23(15-20)34(37)38)26(19(2)32-18)29(36)40-16-24-17-41-30(42-24)11-13-33(14-12-30)22-9-7-21(31)8-10-22/h4-10,15,24,27,32H,11-14,16-17H2,1-3H3/t24-,27+/m0/s1. The number of halogens is 1. The summed E-state index contributed by atoms with van der Waals surface area (Å²) in [7, 11) is 1.24. The van der Waals surface area contributed by atoms with Gasteiger partial charge in [-0.05, 0) is 43.7 Å². The molecule has 12 heteroatoms. The van der Waals surface area contributed by atoms with E-state index in [-0.39, 0.29) is 30.0 Å². The number of ether oxygens (including phenoxy) is 4. The summed E-state index contributed by atoms with van der Waals surface area (Å²) in [5, 5.41) is 15.2. The van der Waals surface area contributed by atoms with Crippen LogP contribution < -0.4 is 10.2 Å². The van der Waals surface area contributed by atoms with Crippen molar-refractivity contribution < 1.29 is 33.5 Å². The molecule has 1 N–H and O–H groups in total. The topological polar surface area (TPSA) is 129 Å². The van der Waals surface area contributed by atoms with Crippen molar-refractivity contribution in [3.8, 4) is 0 Å². The quantitative estimate of drug-likeness (QED) is 0.274. The van der Waals surface area contributed by atoms with Crippen LogP contribution in [0.25, 0.3) is 0 Å². The highest BCUT2D eigenvalue weighted by Crippen LogP contribution is 2.41. The molecule has 0 aliphatic carbocycles. The number of nitro groups is 1. The fourth-order valence-corrected chi connectivity index (χ4v) is 5.89. The molecule has 3 aliphatic heterocycles. The van der Waals surface area contributed by atoms with Crippen molar-refractivity contribution in [3.05, 3.63) is 91.8 Å². The molecule has 2 aromatic rings. The fraction of sp³-hybridized carbons (Fsp3) is 0.400. The average Bonchev–Trinajstić information content (AvgIpc) is 3.38. The van der Waals surface area contributed by atoms with Gasteiger partial charge in [-0.1, -0.05) is 23.7 Å². The third-order valence-electron chi connectivity index (χ3n) is 7.83. The number of allylic oxidation sites excluding steroid dienone is 2. The molecule has 2 aromatic carbocycles. The molecule has 0 saturated carbocycles. The Morgan fingerprint density at radius 2 is 1.76 bits per heavy atom. The third-order valence-corrected chi connectivity index (χ3v) is 8.08. The van der Waals surface area contributed by atoms with E-state index in [1.165, 1.54) is 25.3 Å². The third kappa shape index (κ3) is 5.99. The van der Waals surface area contributed by atoms with Gasteiger partial charge in [-0.3, -0.25) is 10.1 Å². The number of anilines is 1. The number of rotatable bonds is 7. The van der Waals surface area contributed by atoms with Crippen LogP contribution in [0.3, 0.4) is 0 Å². The first kappa shape index (κ1) is 29.6. The van der Waals surface area contributed by atoms with Gasteiger partial charge in [0.25, 0.3) is 5.69 Å². The Balaban J connectivity index is 1.28. The molecule has 2 saturated heterocycles. The molecule has 3 aliphatic rings. The molecule has 42 heavy (non-hydrogen) atoms. The molecule has 0 unspecified atom stereocenters. The van der Waals surface area contributed by atoms with E-state index in [1.54, 1.807) is 19.9 Å². The molecule has 5 rings (SSSR count). The average molecular weight is 598 g/mol. The number of esters is 2. The molecule has 2 fully saturated rings.